The van der Waals surface area contributed by atoms with Crippen LogP contribution in [0.25, 0.3) is 11.1 Å². The van der Waals surface area contributed by atoms with E-state index in [1.807, 2.05) is 0 Å². The first kappa shape index (κ1) is 14.1. The van der Waals surface area contributed by atoms with Crippen molar-refractivity contribution in [1.29, 1.82) is 0 Å². The van der Waals surface area contributed by atoms with Crippen LogP contribution in [-0.2, 0) is 0 Å². The molecule has 0 fully saturated rings. The Kier molecular flexibility index (Phi) is 3.61. The number of nitro groups is 2. The highest BCUT2D eigenvalue weighted by Crippen LogP contribution is 2.32. The summed E-state index contributed by atoms with van der Waals surface area (Å²) in [5.74, 6) is -1.47. The Balaban J connectivity index is 2.72. The van der Waals surface area contributed by atoms with Crippen LogP contribution in [0.4, 0.5) is 11.4 Å². The van der Waals surface area contributed by atoms with Crippen molar-refractivity contribution >= 4 is 17.3 Å². The SMILES string of the molecule is O=C(O)c1c(-c2cccc([N+](=O)[O-])c2)cccc1[N+](=O)[O-]. The Morgan fingerprint density at radius 1 is 1.00 bits per heavy atom. The zero-order valence-electron chi connectivity index (χ0n) is 10.4. The summed E-state index contributed by atoms with van der Waals surface area (Å²) in [6.45, 7) is 0. The molecule has 0 spiro atoms. The topological polar surface area (TPSA) is 124 Å². The minimum absolute atomic E-state index is 0.0559. The zero-order chi connectivity index (χ0) is 15.6. The molecule has 21 heavy (non-hydrogen) atoms. The summed E-state index contributed by atoms with van der Waals surface area (Å²) in [6, 6.07) is 9.04. The van der Waals surface area contributed by atoms with E-state index >= 15 is 0 Å². The first-order valence-electron chi connectivity index (χ1n) is 5.67. The van der Waals surface area contributed by atoms with Gasteiger partial charge in [0, 0.05) is 23.8 Å². The quantitative estimate of drug-likeness (QED) is 0.681. The van der Waals surface area contributed by atoms with Gasteiger partial charge < -0.3 is 5.11 Å². The molecule has 0 aromatic heterocycles. The van der Waals surface area contributed by atoms with Crippen LogP contribution in [-0.4, -0.2) is 20.9 Å². The lowest BCUT2D eigenvalue weighted by atomic mass is 9.98. The normalized spacial score (nSPS) is 10.1. The molecule has 8 nitrogen and oxygen atoms in total. The first-order chi connectivity index (χ1) is 9.91. The molecule has 2 aromatic rings. The fourth-order valence-electron chi connectivity index (χ4n) is 1.94. The first-order valence-corrected chi connectivity index (χ1v) is 5.67. The summed E-state index contributed by atoms with van der Waals surface area (Å²) >= 11 is 0. The van der Waals surface area contributed by atoms with Gasteiger partial charge in [0.05, 0.1) is 9.85 Å². The largest absolute Gasteiger partial charge is 0.477 e. The molecular weight excluding hydrogens is 280 g/mol. The molecule has 0 aliphatic carbocycles. The van der Waals surface area contributed by atoms with Crippen LogP contribution in [0.1, 0.15) is 10.4 Å². The zero-order valence-corrected chi connectivity index (χ0v) is 10.4. The molecule has 1 N–H and O–H groups in total. The summed E-state index contributed by atoms with van der Waals surface area (Å²) in [5.41, 5.74) is -1.00. The van der Waals surface area contributed by atoms with E-state index in [0.717, 1.165) is 6.07 Å². The molecule has 106 valence electrons. The van der Waals surface area contributed by atoms with E-state index in [1.165, 1.54) is 36.4 Å². The van der Waals surface area contributed by atoms with Crippen molar-refractivity contribution in [3.8, 4) is 11.1 Å². The van der Waals surface area contributed by atoms with Gasteiger partial charge in [0.2, 0.25) is 0 Å². The lowest BCUT2D eigenvalue weighted by Crippen LogP contribution is -2.05. The number of benzene rings is 2. The third kappa shape index (κ3) is 2.68. The number of non-ortho nitro benzene ring substituents is 1. The molecule has 0 saturated carbocycles. The van der Waals surface area contributed by atoms with Gasteiger partial charge in [-0.1, -0.05) is 24.3 Å². The molecular formula is C13H8N2O6. The predicted molar refractivity (Wildman–Crippen MR) is 72.1 cm³/mol. The van der Waals surface area contributed by atoms with Crippen LogP contribution >= 0.6 is 0 Å². The Morgan fingerprint density at radius 3 is 2.24 bits per heavy atom. The molecule has 8 heteroatoms. The monoisotopic (exact) mass is 288 g/mol. The van der Waals surface area contributed by atoms with Gasteiger partial charge in [-0.25, -0.2) is 4.79 Å². The molecule has 0 atom stereocenters. The molecule has 0 amide bonds. The maximum Gasteiger partial charge on any atom is 0.343 e. The molecule has 0 saturated heterocycles. The summed E-state index contributed by atoms with van der Waals surface area (Å²) in [7, 11) is 0. The summed E-state index contributed by atoms with van der Waals surface area (Å²) < 4.78 is 0. The smallest absolute Gasteiger partial charge is 0.343 e. The minimum atomic E-state index is -1.47. The molecule has 0 heterocycles. The second-order valence-corrected chi connectivity index (χ2v) is 4.07. The van der Waals surface area contributed by atoms with Crippen LogP contribution in [0, 0.1) is 20.2 Å². The molecule has 2 rings (SSSR count). The van der Waals surface area contributed by atoms with Crippen molar-refractivity contribution in [3.63, 3.8) is 0 Å². The highest BCUT2D eigenvalue weighted by molar-refractivity contribution is 6.00. The van der Waals surface area contributed by atoms with E-state index < -0.39 is 27.1 Å². The number of carbonyl (C=O) groups is 1. The Labute approximate surface area is 117 Å². The number of nitro benzene ring substituents is 2. The molecule has 0 unspecified atom stereocenters. The van der Waals surface area contributed by atoms with Gasteiger partial charge in [-0.3, -0.25) is 20.2 Å². The Morgan fingerprint density at radius 2 is 1.67 bits per heavy atom. The second kappa shape index (κ2) is 5.37. The van der Waals surface area contributed by atoms with Gasteiger partial charge in [0.1, 0.15) is 5.56 Å². The summed E-state index contributed by atoms with van der Waals surface area (Å²) in [5, 5.41) is 30.9. The van der Waals surface area contributed by atoms with Crippen LogP contribution < -0.4 is 0 Å². The van der Waals surface area contributed by atoms with Crippen LogP contribution in [0.3, 0.4) is 0 Å². The van der Waals surface area contributed by atoms with Gasteiger partial charge in [-0.05, 0) is 5.56 Å². The molecule has 0 aliphatic rings. The fourth-order valence-corrected chi connectivity index (χ4v) is 1.94. The Bertz CT molecular complexity index is 756. The van der Waals surface area contributed by atoms with Crippen molar-refractivity contribution < 1.29 is 19.7 Å². The molecule has 2 aromatic carbocycles. The third-order valence-electron chi connectivity index (χ3n) is 2.82. The van der Waals surface area contributed by atoms with Crippen LogP contribution in [0.15, 0.2) is 42.5 Å². The van der Waals surface area contributed by atoms with Gasteiger partial charge in [0.15, 0.2) is 0 Å². The van der Waals surface area contributed by atoms with E-state index in [2.05, 4.69) is 0 Å². The molecule has 0 aliphatic heterocycles. The average Bonchev–Trinajstić information content (AvgIpc) is 2.46. The van der Waals surface area contributed by atoms with Gasteiger partial charge >= 0.3 is 5.97 Å². The van der Waals surface area contributed by atoms with E-state index in [9.17, 15) is 30.1 Å². The van der Waals surface area contributed by atoms with Gasteiger partial charge in [-0.2, -0.15) is 0 Å². The molecule has 0 bridgehead atoms. The number of rotatable bonds is 4. The number of carboxylic acids is 1. The average molecular weight is 288 g/mol. The second-order valence-electron chi connectivity index (χ2n) is 4.07. The fraction of sp³-hybridized carbons (Fsp3) is 0. The van der Waals surface area contributed by atoms with Gasteiger partial charge in [-0.15, -0.1) is 0 Å². The van der Waals surface area contributed by atoms with E-state index in [4.69, 9.17) is 0 Å². The minimum Gasteiger partial charge on any atom is -0.477 e. The lowest BCUT2D eigenvalue weighted by Gasteiger charge is -2.06. The molecule has 0 radical (unpaired) electrons. The van der Waals surface area contributed by atoms with E-state index in [1.54, 1.807) is 0 Å². The van der Waals surface area contributed by atoms with Crippen molar-refractivity contribution in [3.05, 3.63) is 68.3 Å². The number of carboxylic acid groups (broad SMARTS) is 1. The number of aromatic carboxylic acids is 1. The van der Waals surface area contributed by atoms with E-state index in [0.29, 0.717) is 0 Å². The predicted octanol–water partition coefficient (Wildman–Crippen LogP) is 2.87. The third-order valence-corrected chi connectivity index (χ3v) is 2.82. The highest BCUT2D eigenvalue weighted by Gasteiger charge is 2.24. The van der Waals surface area contributed by atoms with Crippen molar-refractivity contribution in [1.82, 2.24) is 0 Å². The maximum atomic E-state index is 11.3. The number of hydrogen-bond donors (Lipinski definition) is 1. The summed E-state index contributed by atoms with van der Waals surface area (Å²) in [4.78, 5) is 31.6. The van der Waals surface area contributed by atoms with Crippen molar-refractivity contribution in [2.45, 2.75) is 0 Å². The summed E-state index contributed by atoms with van der Waals surface area (Å²) in [6.07, 6.45) is 0. The number of hydrogen-bond acceptors (Lipinski definition) is 5. The van der Waals surface area contributed by atoms with Gasteiger partial charge in [0.25, 0.3) is 11.4 Å². The van der Waals surface area contributed by atoms with Crippen molar-refractivity contribution in [2.24, 2.45) is 0 Å². The standard InChI is InChI=1S/C13H8N2O6/c16-13(17)12-10(5-2-6-11(12)15(20)21)8-3-1-4-9(7-8)14(18)19/h1-7H,(H,16,17). The van der Waals surface area contributed by atoms with E-state index in [-0.39, 0.29) is 16.8 Å². The van der Waals surface area contributed by atoms with Crippen LogP contribution in [0.2, 0.25) is 0 Å². The Hall–Kier alpha value is -3.29. The van der Waals surface area contributed by atoms with Crippen LogP contribution in [0.5, 0.6) is 0 Å². The maximum absolute atomic E-state index is 11.3. The lowest BCUT2D eigenvalue weighted by molar-refractivity contribution is -0.385. The van der Waals surface area contributed by atoms with Crippen molar-refractivity contribution in [2.75, 3.05) is 0 Å². The highest BCUT2D eigenvalue weighted by atomic mass is 16.6. The number of nitrogens with zero attached hydrogens (tertiary/aromatic N) is 2.